The lowest BCUT2D eigenvalue weighted by Gasteiger charge is -2.43. The van der Waals surface area contributed by atoms with Gasteiger partial charge in [0.05, 0.1) is 37.4 Å². The van der Waals surface area contributed by atoms with Crippen molar-refractivity contribution in [1.29, 1.82) is 0 Å². The number of hydrogen-bond acceptors (Lipinski definition) is 6. The Balaban J connectivity index is 3.03. The molecule has 0 aliphatic carbocycles. The van der Waals surface area contributed by atoms with E-state index in [9.17, 15) is 14.7 Å². The summed E-state index contributed by atoms with van der Waals surface area (Å²) in [6, 6.07) is 9.82. The van der Waals surface area contributed by atoms with Gasteiger partial charge >= 0.3 is 5.97 Å². The highest BCUT2D eigenvalue weighted by atomic mass is 28.4. The topological polar surface area (TPSA) is 82.1 Å². The van der Waals surface area contributed by atoms with Crippen molar-refractivity contribution in [2.24, 2.45) is 11.3 Å². The fourth-order valence-corrected chi connectivity index (χ4v) is 4.78. The first-order chi connectivity index (χ1) is 16.1. The summed E-state index contributed by atoms with van der Waals surface area (Å²) >= 11 is 0. The van der Waals surface area contributed by atoms with Gasteiger partial charge in [-0.15, -0.1) is 0 Å². The van der Waals surface area contributed by atoms with E-state index in [4.69, 9.17) is 13.9 Å². The average Bonchev–Trinajstić information content (AvgIpc) is 2.77. The fourth-order valence-electron chi connectivity index (χ4n) is 3.29. The molecule has 0 aliphatic heterocycles. The summed E-state index contributed by atoms with van der Waals surface area (Å²) in [5, 5.41) is 10.7. The van der Waals surface area contributed by atoms with Gasteiger partial charge in [-0.1, -0.05) is 64.1 Å². The second-order valence-corrected chi connectivity index (χ2v) is 15.8. The SMILES string of the molecule is CCOC(=O)/C=C/[C@H](C)[C@H](O)CC(=O)[C@](C)(COCc1ccccc1)[C@@H](C)O[Si](C)(C)C(C)(C)C. The van der Waals surface area contributed by atoms with Gasteiger partial charge in [0.25, 0.3) is 0 Å². The minimum absolute atomic E-state index is 0.0119. The van der Waals surface area contributed by atoms with Crippen molar-refractivity contribution in [3.63, 3.8) is 0 Å². The molecule has 0 spiro atoms. The van der Waals surface area contributed by atoms with Crippen LogP contribution in [0.3, 0.4) is 0 Å². The first-order valence-corrected chi connectivity index (χ1v) is 15.4. The number of aliphatic hydroxyl groups is 1. The van der Waals surface area contributed by atoms with Crippen molar-refractivity contribution in [3.05, 3.63) is 48.0 Å². The molecule has 0 amide bonds. The lowest BCUT2D eigenvalue weighted by molar-refractivity contribution is -0.141. The molecule has 0 bridgehead atoms. The molecule has 0 heterocycles. The van der Waals surface area contributed by atoms with E-state index in [0.29, 0.717) is 6.61 Å². The number of ketones is 1. The van der Waals surface area contributed by atoms with Crippen LogP contribution in [0.4, 0.5) is 0 Å². The third kappa shape index (κ3) is 9.64. The minimum Gasteiger partial charge on any atom is -0.463 e. The molecular formula is C28H46O6Si. The van der Waals surface area contributed by atoms with E-state index in [-0.39, 0.29) is 30.5 Å². The molecule has 1 rings (SSSR count). The van der Waals surface area contributed by atoms with Crippen LogP contribution in [0.1, 0.15) is 60.5 Å². The van der Waals surface area contributed by atoms with Crippen LogP contribution >= 0.6 is 0 Å². The highest BCUT2D eigenvalue weighted by Gasteiger charge is 2.46. The zero-order valence-electron chi connectivity index (χ0n) is 23.1. The van der Waals surface area contributed by atoms with Crippen LogP contribution in [0.15, 0.2) is 42.5 Å². The van der Waals surface area contributed by atoms with Gasteiger partial charge in [-0.2, -0.15) is 0 Å². The average molecular weight is 507 g/mol. The van der Waals surface area contributed by atoms with Crippen LogP contribution in [0.2, 0.25) is 18.1 Å². The first-order valence-electron chi connectivity index (χ1n) is 12.5. The third-order valence-electron chi connectivity index (χ3n) is 7.15. The number of Topliss-reactive ketones (excluding diaryl/α,β-unsaturated/α-hetero) is 1. The number of carbonyl (C=O) groups is 2. The number of carbonyl (C=O) groups excluding carboxylic acids is 2. The Bertz CT molecular complexity index is 830. The lowest BCUT2D eigenvalue weighted by atomic mass is 9.78. The summed E-state index contributed by atoms with van der Waals surface area (Å²) in [5.41, 5.74) is 0.0774. The van der Waals surface area contributed by atoms with E-state index < -0.39 is 37.8 Å². The molecule has 0 radical (unpaired) electrons. The number of ether oxygens (including phenoxy) is 2. The van der Waals surface area contributed by atoms with Gasteiger partial charge in [-0.25, -0.2) is 4.79 Å². The number of esters is 1. The Morgan fingerprint density at radius 3 is 2.23 bits per heavy atom. The molecule has 0 fully saturated rings. The van der Waals surface area contributed by atoms with Gasteiger partial charge in [-0.3, -0.25) is 4.79 Å². The first kappa shape index (κ1) is 31.2. The highest BCUT2D eigenvalue weighted by molar-refractivity contribution is 6.74. The standard InChI is InChI=1S/C28H46O6Si/c1-10-33-26(31)17-16-21(2)24(29)18-25(30)28(7,20-32-19-23-14-12-11-13-15-23)22(3)34-35(8,9)27(4,5)6/h11-17,21-22,24,29H,10,18-20H2,1-9H3/b17-16+/t21-,22+,24+,28+/m0/s1. The highest BCUT2D eigenvalue weighted by Crippen LogP contribution is 2.40. The lowest BCUT2D eigenvalue weighted by Crippen LogP contribution is -2.52. The quantitative estimate of drug-likeness (QED) is 0.198. The van der Waals surface area contributed by atoms with Gasteiger partial charge in [0, 0.05) is 18.4 Å². The number of hydrogen-bond donors (Lipinski definition) is 1. The molecule has 0 saturated carbocycles. The molecule has 4 atom stereocenters. The normalized spacial score (nSPS) is 17.0. The molecule has 0 saturated heterocycles. The van der Waals surface area contributed by atoms with E-state index in [1.807, 2.05) is 44.2 Å². The predicted octanol–water partition coefficient (Wildman–Crippen LogP) is 5.70. The van der Waals surface area contributed by atoms with Crippen molar-refractivity contribution in [1.82, 2.24) is 0 Å². The van der Waals surface area contributed by atoms with Gasteiger partial charge < -0.3 is 19.0 Å². The smallest absolute Gasteiger partial charge is 0.330 e. The van der Waals surface area contributed by atoms with E-state index in [1.54, 1.807) is 19.9 Å². The molecule has 7 heteroatoms. The number of rotatable bonds is 14. The van der Waals surface area contributed by atoms with E-state index in [0.717, 1.165) is 5.56 Å². The Labute approximate surface area is 213 Å². The van der Waals surface area contributed by atoms with Crippen molar-refractivity contribution in [2.45, 2.75) is 91.8 Å². The second-order valence-electron chi connectivity index (χ2n) is 11.1. The molecular weight excluding hydrogens is 460 g/mol. The molecule has 0 aliphatic rings. The van der Waals surface area contributed by atoms with Gasteiger partial charge in [0.15, 0.2) is 8.32 Å². The monoisotopic (exact) mass is 506 g/mol. The Morgan fingerprint density at radius 1 is 1.09 bits per heavy atom. The predicted molar refractivity (Wildman–Crippen MR) is 143 cm³/mol. The fraction of sp³-hybridized carbons (Fsp3) is 0.643. The Morgan fingerprint density at radius 2 is 1.69 bits per heavy atom. The summed E-state index contributed by atoms with van der Waals surface area (Å²) in [4.78, 5) is 25.2. The zero-order valence-corrected chi connectivity index (χ0v) is 24.1. The van der Waals surface area contributed by atoms with Gasteiger partial charge in [0.2, 0.25) is 0 Å². The largest absolute Gasteiger partial charge is 0.463 e. The van der Waals surface area contributed by atoms with Crippen LogP contribution in [-0.4, -0.2) is 50.6 Å². The zero-order chi connectivity index (χ0) is 26.9. The summed E-state index contributed by atoms with van der Waals surface area (Å²) in [6.07, 6.45) is 1.47. The van der Waals surface area contributed by atoms with Crippen molar-refractivity contribution >= 4 is 20.1 Å². The second kappa shape index (κ2) is 13.5. The number of benzene rings is 1. The van der Waals surface area contributed by atoms with E-state index in [2.05, 4.69) is 33.9 Å². The number of aliphatic hydroxyl groups excluding tert-OH is 1. The van der Waals surface area contributed by atoms with Crippen LogP contribution in [0.25, 0.3) is 0 Å². The Kier molecular flexibility index (Phi) is 12.0. The van der Waals surface area contributed by atoms with Gasteiger partial charge in [0.1, 0.15) is 5.78 Å². The molecule has 35 heavy (non-hydrogen) atoms. The van der Waals surface area contributed by atoms with Crippen LogP contribution < -0.4 is 0 Å². The van der Waals surface area contributed by atoms with E-state index in [1.165, 1.54) is 6.08 Å². The summed E-state index contributed by atoms with van der Waals surface area (Å²) in [5.74, 6) is -0.983. The van der Waals surface area contributed by atoms with Crippen LogP contribution in [0.5, 0.6) is 0 Å². The van der Waals surface area contributed by atoms with Crippen molar-refractivity contribution in [2.75, 3.05) is 13.2 Å². The maximum Gasteiger partial charge on any atom is 0.330 e. The summed E-state index contributed by atoms with van der Waals surface area (Å²) in [6.45, 7) is 19.0. The molecule has 0 aromatic heterocycles. The third-order valence-corrected chi connectivity index (χ3v) is 11.7. The maximum absolute atomic E-state index is 13.6. The van der Waals surface area contributed by atoms with E-state index >= 15 is 0 Å². The molecule has 0 unspecified atom stereocenters. The Hall–Kier alpha value is -1.80. The van der Waals surface area contributed by atoms with Crippen molar-refractivity contribution < 1.29 is 28.6 Å². The van der Waals surface area contributed by atoms with Crippen LogP contribution in [-0.2, 0) is 30.1 Å². The van der Waals surface area contributed by atoms with Crippen LogP contribution in [0, 0.1) is 11.3 Å². The molecule has 6 nitrogen and oxygen atoms in total. The summed E-state index contributed by atoms with van der Waals surface area (Å²) < 4.78 is 17.5. The van der Waals surface area contributed by atoms with Crippen molar-refractivity contribution in [3.8, 4) is 0 Å². The molecule has 198 valence electrons. The summed E-state index contributed by atoms with van der Waals surface area (Å²) in [7, 11) is -2.15. The minimum atomic E-state index is -2.15. The molecule has 1 N–H and O–H groups in total. The molecule has 1 aromatic carbocycles. The molecule has 1 aromatic rings. The van der Waals surface area contributed by atoms with Gasteiger partial charge in [-0.05, 0) is 44.5 Å². The maximum atomic E-state index is 13.6.